The average molecular weight is 360 g/mol. The second-order valence-electron chi connectivity index (χ2n) is 5.35. The Balaban J connectivity index is 1.71. The first-order valence-corrected chi connectivity index (χ1v) is 8.80. The Morgan fingerprint density at radius 1 is 1.29 bits per heavy atom. The third-order valence-corrected chi connectivity index (χ3v) is 4.93. The Labute approximate surface area is 136 Å². The van der Waals surface area contributed by atoms with Crippen molar-refractivity contribution in [3.8, 4) is 11.5 Å². The van der Waals surface area contributed by atoms with Crippen molar-refractivity contribution >= 4 is 9.84 Å². The summed E-state index contributed by atoms with van der Waals surface area (Å²) in [4.78, 5) is 0. The third kappa shape index (κ3) is 3.82. The van der Waals surface area contributed by atoms with E-state index in [1.165, 1.54) is 29.1 Å². The number of aliphatic hydroxyl groups is 1. The van der Waals surface area contributed by atoms with Gasteiger partial charge in [-0.05, 0) is 12.1 Å². The number of aliphatic hydroxyl groups excluding tert-OH is 1. The number of hydrogen-bond donors (Lipinski definition) is 1. The molecule has 1 unspecified atom stereocenters. The van der Waals surface area contributed by atoms with Crippen LogP contribution in [0.4, 0.5) is 8.78 Å². The van der Waals surface area contributed by atoms with Gasteiger partial charge >= 0.3 is 6.29 Å². The van der Waals surface area contributed by atoms with Gasteiger partial charge in [-0.25, -0.2) is 8.42 Å². The fraction of sp³-hybridized carbons (Fsp3) is 0.357. The lowest BCUT2D eigenvalue weighted by Crippen LogP contribution is -2.27. The molecule has 130 valence electrons. The minimum absolute atomic E-state index is 0.0107. The molecule has 0 aliphatic carbocycles. The highest BCUT2D eigenvalue weighted by molar-refractivity contribution is 7.90. The molecule has 0 saturated heterocycles. The molecule has 0 fully saturated rings. The smallest absolute Gasteiger partial charge is 0.395 e. The van der Waals surface area contributed by atoms with Crippen molar-refractivity contribution in [2.24, 2.45) is 0 Å². The summed E-state index contributed by atoms with van der Waals surface area (Å²) in [7, 11) is -3.77. The first-order valence-electron chi connectivity index (χ1n) is 6.98. The monoisotopic (exact) mass is 360 g/mol. The van der Waals surface area contributed by atoms with Crippen LogP contribution in [0.15, 0.2) is 36.7 Å². The zero-order chi connectivity index (χ0) is 17.4. The van der Waals surface area contributed by atoms with Crippen LogP contribution >= 0.6 is 0 Å². The zero-order valence-corrected chi connectivity index (χ0v) is 13.1. The normalized spacial score (nSPS) is 17.0. The number of alkyl halides is 2. The quantitative estimate of drug-likeness (QED) is 0.832. The van der Waals surface area contributed by atoms with Crippen LogP contribution in [0.3, 0.4) is 0 Å². The molecule has 1 aliphatic rings. The van der Waals surface area contributed by atoms with Gasteiger partial charge in [-0.1, -0.05) is 12.1 Å². The molecule has 1 aromatic carbocycles. The van der Waals surface area contributed by atoms with Gasteiger partial charge in [0.2, 0.25) is 0 Å². The van der Waals surface area contributed by atoms with E-state index in [0.717, 1.165) is 0 Å². The van der Waals surface area contributed by atoms with Crippen LogP contribution in [0.2, 0.25) is 0 Å². The van der Waals surface area contributed by atoms with Gasteiger partial charge in [0, 0.05) is 18.0 Å². The number of hydrogen-bond acceptors (Lipinski definition) is 6. The van der Waals surface area contributed by atoms with Crippen LogP contribution in [0.1, 0.15) is 5.56 Å². The second-order valence-corrected chi connectivity index (χ2v) is 7.46. The number of fused-ring (bicyclic) bond motifs is 1. The number of rotatable bonds is 6. The predicted molar refractivity (Wildman–Crippen MR) is 78.4 cm³/mol. The van der Waals surface area contributed by atoms with Crippen molar-refractivity contribution in [2.45, 2.75) is 24.7 Å². The third-order valence-electron chi connectivity index (χ3n) is 3.29. The maximum atomic E-state index is 13.1. The Morgan fingerprint density at radius 2 is 2.08 bits per heavy atom. The largest absolute Gasteiger partial charge is 0.586 e. The van der Waals surface area contributed by atoms with Gasteiger partial charge in [0.25, 0.3) is 0 Å². The number of para-hydroxylation sites is 1. The van der Waals surface area contributed by atoms with E-state index < -0.39 is 33.7 Å². The fourth-order valence-electron chi connectivity index (χ4n) is 2.40. The summed E-state index contributed by atoms with van der Waals surface area (Å²) in [6, 6.07) is 5.67. The van der Waals surface area contributed by atoms with Crippen LogP contribution in [-0.4, -0.2) is 41.5 Å². The summed E-state index contributed by atoms with van der Waals surface area (Å²) in [6.45, 7) is 0.0107. The van der Waals surface area contributed by atoms with Crippen LogP contribution in [0.25, 0.3) is 0 Å². The lowest BCUT2D eigenvalue weighted by molar-refractivity contribution is -0.286. The number of halogens is 2. The van der Waals surface area contributed by atoms with E-state index >= 15 is 0 Å². The molecule has 7 nitrogen and oxygen atoms in total. The minimum atomic E-state index is -3.82. The lowest BCUT2D eigenvalue weighted by Gasteiger charge is -2.12. The van der Waals surface area contributed by atoms with Crippen LogP contribution < -0.4 is 9.47 Å². The van der Waals surface area contributed by atoms with Gasteiger partial charge in [-0.2, -0.15) is 5.10 Å². The number of ether oxygens (including phenoxy) is 2. The predicted octanol–water partition coefficient (Wildman–Crippen LogP) is 1.18. The van der Waals surface area contributed by atoms with Crippen LogP contribution in [0, 0.1) is 0 Å². The Morgan fingerprint density at radius 3 is 2.79 bits per heavy atom. The van der Waals surface area contributed by atoms with E-state index in [1.54, 1.807) is 12.3 Å². The Bertz CT molecular complexity index is 824. The van der Waals surface area contributed by atoms with E-state index in [1.807, 2.05) is 0 Å². The summed E-state index contributed by atoms with van der Waals surface area (Å²) >= 11 is 0. The fourth-order valence-corrected chi connectivity index (χ4v) is 3.92. The van der Waals surface area contributed by atoms with Crippen molar-refractivity contribution in [1.29, 1.82) is 0 Å². The van der Waals surface area contributed by atoms with Gasteiger partial charge in [-0.15, -0.1) is 8.78 Å². The second kappa shape index (κ2) is 6.02. The van der Waals surface area contributed by atoms with Crippen molar-refractivity contribution < 1.29 is 31.8 Å². The highest BCUT2D eigenvalue weighted by Gasteiger charge is 2.44. The molecule has 0 bridgehead atoms. The molecule has 2 aromatic rings. The molecule has 1 atom stereocenters. The first kappa shape index (κ1) is 16.7. The average Bonchev–Trinajstić information content (AvgIpc) is 3.03. The molecule has 0 spiro atoms. The molecular weight excluding hydrogens is 346 g/mol. The summed E-state index contributed by atoms with van der Waals surface area (Å²) in [5, 5.41) is 13.8. The number of sulfone groups is 1. The molecule has 1 aliphatic heterocycles. The van der Waals surface area contributed by atoms with E-state index in [2.05, 4.69) is 14.6 Å². The van der Waals surface area contributed by atoms with Gasteiger partial charge in [-0.3, -0.25) is 4.68 Å². The molecule has 1 N–H and O–H groups in total. The number of nitrogens with zero attached hydrogens (tertiary/aromatic N) is 2. The molecule has 3 rings (SSSR count). The standard InChI is InChI=1S/C14H14F2N2O5S/c15-14(16)22-12-4-1-3-10(13(12)23-14)8-24(20,21)9-11(19)7-18-6-2-5-17-18/h1-6,11,19H,7-9H2. The highest BCUT2D eigenvalue weighted by atomic mass is 32.2. The first-order chi connectivity index (χ1) is 11.2. The Hall–Kier alpha value is -2.20. The molecule has 1 aromatic heterocycles. The van der Waals surface area contributed by atoms with Crippen molar-refractivity contribution in [2.75, 3.05) is 5.75 Å². The molecule has 0 radical (unpaired) electrons. The summed E-state index contributed by atoms with van der Waals surface area (Å²) in [5.41, 5.74) is 0.0518. The van der Waals surface area contributed by atoms with Gasteiger partial charge in [0.1, 0.15) is 0 Å². The van der Waals surface area contributed by atoms with Crippen LogP contribution in [-0.2, 0) is 22.1 Å². The summed E-state index contributed by atoms with van der Waals surface area (Å²) in [5.74, 6) is -1.60. The van der Waals surface area contributed by atoms with Crippen molar-refractivity contribution in [3.63, 3.8) is 0 Å². The van der Waals surface area contributed by atoms with Gasteiger partial charge in [0.15, 0.2) is 21.3 Å². The molecule has 0 saturated carbocycles. The van der Waals surface area contributed by atoms with E-state index in [0.29, 0.717) is 0 Å². The van der Waals surface area contributed by atoms with Gasteiger partial charge in [0.05, 0.1) is 24.2 Å². The number of aromatic nitrogens is 2. The van der Waals surface area contributed by atoms with Crippen molar-refractivity contribution in [3.05, 3.63) is 42.2 Å². The Kier molecular flexibility index (Phi) is 4.18. The van der Waals surface area contributed by atoms with Gasteiger partial charge < -0.3 is 14.6 Å². The van der Waals surface area contributed by atoms with Crippen molar-refractivity contribution in [1.82, 2.24) is 9.78 Å². The van der Waals surface area contributed by atoms with E-state index in [9.17, 15) is 22.3 Å². The SMILES string of the molecule is O=S(=O)(Cc1cccc2c1OC(F)(F)O2)CC(O)Cn1cccn1. The summed E-state index contributed by atoms with van der Waals surface area (Å²) in [6.07, 6.45) is -1.90. The number of benzene rings is 1. The van der Waals surface area contributed by atoms with E-state index in [4.69, 9.17) is 0 Å². The zero-order valence-electron chi connectivity index (χ0n) is 12.3. The highest BCUT2D eigenvalue weighted by Crippen LogP contribution is 2.43. The van der Waals surface area contributed by atoms with Crippen LogP contribution in [0.5, 0.6) is 11.5 Å². The van der Waals surface area contributed by atoms with E-state index in [-0.39, 0.29) is 23.6 Å². The maximum absolute atomic E-state index is 13.1. The molecule has 2 heterocycles. The molecule has 24 heavy (non-hydrogen) atoms. The molecule has 0 amide bonds. The maximum Gasteiger partial charge on any atom is 0.586 e. The summed E-state index contributed by atoms with van der Waals surface area (Å²) < 4.78 is 60.8. The lowest BCUT2D eigenvalue weighted by atomic mass is 10.2. The topological polar surface area (TPSA) is 90.7 Å². The molecule has 10 heteroatoms. The molecular formula is C14H14F2N2O5S. The minimum Gasteiger partial charge on any atom is -0.395 e.